The molecule has 9 heteroatoms. The number of likely N-dealkylation sites (tertiary alicyclic amines) is 1. The summed E-state index contributed by atoms with van der Waals surface area (Å²) < 4.78 is 5.99. The Morgan fingerprint density at radius 1 is 1.02 bits per heavy atom. The second-order valence-electron chi connectivity index (χ2n) is 12.7. The van der Waals surface area contributed by atoms with Crippen molar-refractivity contribution in [2.75, 3.05) is 26.7 Å². The monoisotopic (exact) mass is 604 g/mol. The van der Waals surface area contributed by atoms with Gasteiger partial charge in [0.15, 0.2) is 0 Å². The van der Waals surface area contributed by atoms with Crippen LogP contribution in [0.5, 0.6) is 11.5 Å². The Hall–Kier alpha value is -3.43. The van der Waals surface area contributed by atoms with Crippen molar-refractivity contribution in [1.82, 2.24) is 20.4 Å². The molecule has 9 nitrogen and oxygen atoms in total. The quantitative estimate of drug-likeness (QED) is 0.359. The topological polar surface area (TPSA) is 111 Å². The normalized spacial score (nSPS) is 22.4. The summed E-state index contributed by atoms with van der Waals surface area (Å²) in [6, 6.07) is 14.3. The van der Waals surface area contributed by atoms with Crippen molar-refractivity contribution in [2.24, 2.45) is 5.92 Å². The van der Waals surface area contributed by atoms with Gasteiger partial charge in [-0.05, 0) is 86.9 Å². The summed E-state index contributed by atoms with van der Waals surface area (Å²) in [4.78, 5) is 43.7. The molecule has 44 heavy (non-hydrogen) atoms. The Bertz CT molecular complexity index is 1280. The van der Waals surface area contributed by atoms with Gasteiger partial charge in [-0.15, -0.1) is 0 Å². The van der Waals surface area contributed by atoms with Crippen molar-refractivity contribution < 1.29 is 24.2 Å². The zero-order valence-corrected chi connectivity index (χ0v) is 26.4. The summed E-state index contributed by atoms with van der Waals surface area (Å²) in [5, 5.41) is 16.8. The molecule has 1 aliphatic carbocycles. The molecule has 0 radical (unpaired) electrons. The molecule has 2 aliphatic heterocycles. The molecule has 2 aromatic carbocycles. The lowest BCUT2D eigenvalue weighted by molar-refractivity contribution is -0.166. The summed E-state index contributed by atoms with van der Waals surface area (Å²) in [6.45, 7) is 6.19. The number of hydrogen-bond acceptors (Lipinski definition) is 6. The highest BCUT2D eigenvalue weighted by Crippen LogP contribution is 2.38. The lowest BCUT2D eigenvalue weighted by Gasteiger charge is -2.53. The molecule has 3 fully saturated rings. The summed E-state index contributed by atoms with van der Waals surface area (Å²) in [6.07, 6.45) is 7.19. The number of unbranched alkanes of at least 4 members (excludes halogenated alkanes) is 1. The van der Waals surface area contributed by atoms with E-state index in [2.05, 4.69) is 41.5 Å². The van der Waals surface area contributed by atoms with Crippen molar-refractivity contribution >= 4 is 17.7 Å². The number of benzene rings is 2. The number of ether oxygens (including phenoxy) is 1. The first-order valence-electron chi connectivity index (χ1n) is 16.4. The number of aliphatic hydroxyl groups excluding tert-OH is 1. The van der Waals surface area contributed by atoms with E-state index in [1.807, 2.05) is 17.0 Å². The standard InChI is InChI=1S/C35H48N4O5/c1-4-5-21-39-33(42)30(31(40)26-9-7-6-8-10-26)37-34(43)35(39)19-22-38(23-20-35)24(2)25-11-15-28(16-12-25)44-29-17-13-27(14-18-29)32(41)36-3/h11-18,24,26,30-31,40H,4-10,19-23H2,1-3H3,(H,36,41)(H,37,43)/t24-,30-,31-/m1/s1. The van der Waals surface area contributed by atoms with Crippen LogP contribution in [0.2, 0.25) is 0 Å². The first-order chi connectivity index (χ1) is 21.3. The van der Waals surface area contributed by atoms with Gasteiger partial charge in [-0.1, -0.05) is 44.7 Å². The Morgan fingerprint density at radius 2 is 1.64 bits per heavy atom. The van der Waals surface area contributed by atoms with E-state index in [0.29, 0.717) is 49.5 Å². The molecule has 3 amide bonds. The first-order valence-corrected chi connectivity index (χ1v) is 16.4. The maximum absolute atomic E-state index is 13.9. The largest absolute Gasteiger partial charge is 0.457 e. The zero-order chi connectivity index (χ0) is 31.3. The summed E-state index contributed by atoms with van der Waals surface area (Å²) in [5.41, 5.74) is 0.856. The molecule has 2 saturated heterocycles. The molecular weight excluding hydrogens is 556 g/mol. The fraction of sp³-hybridized carbons (Fsp3) is 0.571. The lowest BCUT2D eigenvalue weighted by Crippen LogP contribution is -2.75. The third-order valence-electron chi connectivity index (χ3n) is 10.1. The second-order valence-corrected chi connectivity index (χ2v) is 12.7. The number of carbonyl (C=O) groups is 3. The fourth-order valence-electron chi connectivity index (χ4n) is 7.22. The number of aliphatic hydroxyl groups is 1. The molecule has 1 saturated carbocycles. The third kappa shape index (κ3) is 6.64. The minimum Gasteiger partial charge on any atom is -0.457 e. The number of amides is 3. The minimum atomic E-state index is -0.865. The number of piperidine rings is 1. The SMILES string of the molecule is CCCCN1C(=O)[C@@H]([C@H](O)C2CCCCC2)NC(=O)C12CCN([C@H](C)c1ccc(Oc3ccc(C(=O)NC)cc3)cc1)CC2. The van der Waals surface area contributed by atoms with E-state index in [0.717, 1.165) is 44.1 Å². The minimum absolute atomic E-state index is 0.0640. The van der Waals surface area contributed by atoms with Crippen molar-refractivity contribution in [3.63, 3.8) is 0 Å². The predicted molar refractivity (Wildman–Crippen MR) is 169 cm³/mol. The molecule has 0 bridgehead atoms. The molecule has 3 atom stereocenters. The van der Waals surface area contributed by atoms with Gasteiger partial charge >= 0.3 is 0 Å². The first kappa shape index (κ1) is 32.0. The van der Waals surface area contributed by atoms with Crippen LogP contribution in [0.3, 0.4) is 0 Å². The Balaban J connectivity index is 1.22. The molecular formula is C35H48N4O5. The van der Waals surface area contributed by atoms with Gasteiger partial charge in [-0.25, -0.2) is 0 Å². The van der Waals surface area contributed by atoms with Crippen molar-refractivity contribution in [3.05, 3.63) is 59.7 Å². The second kappa shape index (κ2) is 14.1. The average molecular weight is 605 g/mol. The van der Waals surface area contributed by atoms with E-state index in [4.69, 9.17) is 4.74 Å². The van der Waals surface area contributed by atoms with Crippen LogP contribution < -0.4 is 15.4 Å². The van der Waals surface area contributed by atoms with Crippen molar-refractivity contribution in [1.29, 1.82) is 0 Å². The number of carbonyl (C=O) groups excluding carboxylic acids is 3. The molecule has 2 aromatic rings. The summed E-state index contributed by atoms with van der Waals surface area (Å²) >= 11 is 0. The number of hydrogen-bond donors (Lipinski definition) is 3. The molecule has 3 N–H and O–H groups in total. The summed E-state index contributed by atoms with van der Waals surface area (Å²) in [5.74, 6) is 1.07. The zero-order valence-electron chi connectivity index (χ0n) is 26.4. The summed E-state index contributed by atoms with van der Waals surface area (Å²) in [7, 11) is 1.60. The fourth-order valence-corrected chi connectivity index (χ4v) is 7.22. The molecule has 238 valence electrons. The van der Waals surface area contributed by atoms with Crippen LogP contribution in [-0.4, -0.2) is 77.0 Å². The van der Waals surface area contributed by atoms with Gasteiger partial charge in [0.1, 0.15) is 23.1 Å². The van der Waals surface area contributed by atoms with Gasteiger partial charge in [-0.3, -0.25) is 19.3 Å². The van der Waals surface area contributed by atoms with Crippen LogP contribution in [0.25, 0.3) is 0 Å². The van der Waals surface area contributed by atoms with Crippen LogP contribution in [-0.2, 0) is 9.59 Å². The third-order valence-corrected chi connectivity index (χ3v) is 10.1. The Morgan fingerprint density at radius 3 is 2.23 bits per heavy atom. The Labute approximate surface area is 261 Å². The van der Waals surface area contributed by atoms with E-state index in [-0.39, 0.29) is 29.7 Å². The van der Waals surface area contributed by atoms with Gasteiger partial charge in [0.05, 0.1) is 6.10 Å². The molecule has 0 aromatic heterocycles. The number of nitrogens with zero attached hydrogens (tertiary/aromatic N) is 2. The van der Waals surface area contributed by atoms with E-state index in [1.165, 1.54) is 6.42 Å². The van der Waals surface area contributed by atoms with Gasteiger partial charge < -0.3 is 25.4 Å². The molecule has 3 aliphatic rings. The van der Waals surface area contributed by atoms with Crippen LogP contribution in [0.15, 0.2) is 48.5 Å². The predicted octanol–water partition coefficient (Wildman–Crippen LogP) is 4.80. The molecule has 5 rings (SSSR count). The van der Waals surface area contributed by atoms with E-state index >= 15 is 0 Å². The van der Waals surface area contributed by atoms with Crippen LogP contribution in [0, 0.1) is 5.92 Å². The van der Waals surface area contributed by atoms with Gasteiger partial charge in [-0.2, -0.15) is 0 Å². The smallest absolute Gasteiger partial charge is 0.251 e. The van der Waals surface area contributed by atoms with Gasteiger partial charge in [0, 0.05) is 38.3 Å². The Kier molecular flexibility index (Phi) is 10.3. The maximum Gasteiger partial charge on any atom is 0.251 e. The maximum atomic E-state index is 13.9. The highest BCUT2D eigenvalue weighted by molar-refractivity contribution is 6.00. The molecule has 2 heterocycles. The van der Waals surface area contributed by atoms with E-state index < -0.39 is 17.7 Å². The number of rotatable bonds is 10. The number of piperazine rings is 1. The van der Waals surface area contributed by atoms with Crippen molar-refractivity contribution in [2.45, 2.75) is 95.4 Å². The highest BCUT2D eigenvalue weighted by Gasteiger charge is 2.55. The van der Waals surface area contributed by atoms with Crippen molar-refractivity contribution in [3.8, 4) is 11.5 Å². The molecule has 0 unspecified atom stereocenters. The van der Waals surface area contributed by atoms with Gasteiger partial charge in [0.25, 0.3) is 5.91 Å². The van der Waals surface area contributed by atoms with Crippen LogP contribution >= 0.6 is 0 Å². The lowest BCUT2D eigenvalue weighted by atomic mass is 9.77. The van der Waals surface area contributed by atoms with E-state index in [1.54, 1.807) is 31.3 Å². The number of nitrogens with one attached hydrogen (secondary N) is 2. The highest BCUT2D eigenvalue weighted by atomic mass is 16.5. The van der Waals surface area contributed by atoms with E-state index in [9.17, 15) is 19.5 Å². The van der Waals surface area contributed by atoms with Crippen LogP contribution in [0.4, 0.5) is 0 Å². The van der Waals surface area contributed by atoms with Crippen LogP contribution in [0.1, 0.15) is 93.6 Å². The molecule has 1 spiro atoms. The van der Waals surface area contributed by atoms with Gasteiger partial charge in [0.2, 0.25) is 11.8 Å². The average Bonchev–Trinajstić information content (AvgIpc) is 3.07.